The van der Waals surface area contributed by atoms with Gasteiger partial charge in [0.1, 0.15) is 5.75 Å². The van der Waals surface area contributed by atoms with E-state index in [9.17, 15) is 0 Å². The van der Waals surface area contributed by atoms with Gasteiger partial charge >= 0.3 is 0 Å². The zero-order chi connectivity index (χ0) is 18.6. The van der Waals surface area contributed by atoms with Crippen molar-refractivity contribution in [1.82, 2.24) is 14.9 Å². The summed E-state index contributed by atoms with van der Waals surface area (Å²) in [5.41, 5.74) is 4.56. The summed E-state index contributed by atoms with van der Waals surface area (Å²) in [6.07, 6.45) is 2.89. The fraction of sp³-hybridized carbons (Fsp3) is 0.273. The summed E-state index contributed by atoms with van der Waals surface area (Å²) in [6, 6.07) is 15.9. The Morgan fingerprint density at radius 1 is 1.11 bits per heavy atom. The van der Waals surface area contributed by atoms with Crippen LogP contribution < -0.4 is 4.74 Å². The molecule has 0 spiro atoms. The third-order valence-electron chi connectivity index (χ3n) is 4.78. The van der Waals surface area contributed by atoms with Crippen LogP contribution in [0.4, 0.5) is 0 Å². The van der Waals surface area contributed by atoms with Crippen LogP contribution in [0.1, 0.15) is 23.7 Å². The Bertz CT molecular complexity index is 927. The van der Waals surface area contributed by atoms with E-state index in [1.54, 1.807) is 0 Å². The molecule has 0 N–H and O–H groups in total. The lowest BCUT2D eigenvalue weighted by atomic mass is 10.1. The van der Waals surface area contributed by atoms with Gasteiger partial charge in [0, 0.05) is 54.0 Å². The molecule has 1 aromatic heterocycles. The number of ether oxygens (including phenoxy) is 1. The van der Waals surface area contributed by atoms with Crippen molar-refractivity contribution in [3.63, 3.8) is 0 Å². The number of fused-ring (bicyclic) bond motifs is 1. The van der Waals surface area contributed by atoms with E-state index in [1.165, 1.54) is 11.1 Å². The Balaban J connectivity index is 1.50. The quantitative estimate of drug-likeness (QED) is 0.641. The lowest BCUT2D eigenvalue weighted by Crippen LogP contribution is -2.31. The highest BCUT2D eigenvalue weighted by molar-refractivity contribution is 6.30. The van der Waals surface area contributed by atoms with Crippen molar-refractivity contribution in [2.24, 2.45) is 0 Å². The zero-order valence-corrected chi connectivity index (χ0v) is 16.1. The topological polar surface area (TPSA) is 38.2 Å². The van der Waals surface area contributed by atoms with Gasteiger partial charge in [-0.2, -0.15) is 0 Å². The summed E-state index contributed by atoms with van der Waals surface area (Å²) in [6.45, 7) is 5.40. The first-order valence-corrected chi connectivity index (χ1v) is 9.64. The minimum absolute atomic E-state index is 0.682. The SMILES string of the molecule is CCOc1ccccc1CN1CCc2nc(-c3ccc(Cl)cc3)ncc2C1. The number of aromatic nitrogens is 2. The fourth-order valence-corrected chi connectivity index (χ4v) is 3.55. The molecule has 1 aliphatic rings. The van der Waals surface area contributed by atoms with E-state index in [2.05, 4.69) is 22.0 Å². The molecular formula is C22H22ClN3O. The minimum atomic E-state index is 0.682. The second kappa shape index (κ2) is 8.07. The van der Waals surface area contributed by atoms with Crippen LogP contribution in [-0.2, 0) is 19.5 Å². The fourth-order valence-electron chi connectivity index (χ4n) is 3.42. The van der Waals surface area contributed by atoms with E-state index in [-0.39, 0.29) is 0 Å². The molecule has 3 aromatic rings. The van der Waals surface area contributed by atoms with Gasteiger partial charge in [-0.25, -0.2) is 9.97 Å². The van der Waals surface area contributed by atoms with Crippen molar-refractivity contribution < 1.29 is 4.74 Å². The number of halogens is 1. The average molecular weight is 380 g/mol. The van der Waals surface area contributed by atoms with Gasteiger partial charge in [-0.1, -0.05) is 29.8 Å². The Kier molecular flexibility index (Phi) is 5.37. The van der Waals surface area contributed by atoms with E-state index >= 15 is 0 Å². The van der Waals surface area contributed by atoms with Crippen molar-refractivity contribution in [2.75, 3.05) is 13.2 Å². The molecule has 0 amide bonds. The molecule has 1 aliphatic heterocycles. The zero-order valence-electron chi connectivity index (χ0n) is 15.4. The molecule has 0 saturated carbocycles. The average Bonchev–Trinajstić information content (AvgIpc) is 2.70. The number of benzene rings is 2. The second-order valence-corrected chi connectivity index (χ2v) is 7.11. The minimum Gasteiger partial charge on any atom is -0.494 e. The van der Waals surface area contributed by atoms with E-state index in [0.717, 1.165) is 53.9 Å². The molecule has 0 unspecified atom stereocenters. The van der Waals surface area contributed by atoms with E-state index in [4.69, 9.17) is 21.3 Å². The smallest absolute Gasteiger partial charge is 0.159 e. The summed E-state index contributed by atoms with van der Waals surface area (Å²) >= 11 is 5.97. The normalized spacial score (nSPS) is 14.0. The lowest BCUT2D eigenvalue weighted by molar-refractivity contribution is 0.237. The molecule has 0 fully saturated rings. The number of para-hydroxylation sites is 1. The number of nitrogens with zero attached hydrogens (tertiary/aromatic N) is 3. The molecule has 5 heteroatoms. The number of rotatable bonds is 5. The third-order valence-corrected chi connectivity index (χ3v) is 5.03. The van der Waals surface area contributed by atoms with Gasteiger partial charge < -0.3 is 4.74 Å². The molecule has 0 bridgehead atoms. The highest BCUT2D eigenvalue weighted by atomic mass is 35.5. The molecule has 138 valence electrons. The van der Waals surface area contributed by atoms with E-state index in [1.807, 2.05) is 49.5 Å². The highest BCUT2D eigenvalue weighted by Crippen LogP contribution is 2.25. The maximum absolute atomic E-state index is 5.97. The molecule has 27 heavy (non-hydrogen) atoms. The molecule has 0 atom stereocenters. The molecule has 4 rings (SSSR count). The molecule has 4 nitrogen and oxygen atoms in total. The predicted molar refractivity (Wildman–Crippen MR) is 108 cm³/mol. The molecule has 0 aliphatic carbocycles. The summed E-state index contributed by atoms with van der Waals surface area (Å²) < 4.78 is 5.76. The van der Waals surface area contributed by atoms with Gasteiger partial charge in [0.25, 0.3) is 0 Å². The predicted octanol–water partition coefficient (Wildman–Crippen LogP) is 4.75. The van der Waals surface area contributed by atoms with Crippen LogP contribution >= 0.6 is 11.6 Å². The Hall–Kier alpha value is -2.43. The first-order chi connectivity index (χ1) is 13.2. The molecule has 0 saturated heterocycles. The molecule has 2 aromatic carbocycles. The van der Waals surface area contributed by atoms with Crippen LogP contribution in [0.25, 0.3) is 11.4 Å². The van der Waals surface area contributed by atoms with E-state index < -0.39 is 0 Å². The number of hydrogen-bond acceptors (Lipinski definition) is 4. The monoisotopic (exact) mass is 379 g/mol. The van der Waals surface area contributed by atoms with Crippen LogP contribution in [-0.4, -0.2) is 28.0 Å². The first-order valence-electron chi connectivity index (χ1n) is 9.26. The summed E-state index contributed by atoms with van der Waals surface area (Å²) in [4.78, 5) is 11.8. The molecule has 0 radical (unpaired) electrons. The van der Waals surface area contributed by atoms with Crippen LogP contribution in [0.3, 0.4) is 0 Å². The summed E-state index contributed by atoms with van der Waals surface area (Å²) in [5, 5.41) is 0.722. The van der Waals surface area contributed by atoms with Gasteiger partial charge in [0.15, 0.2) is 5.82 Å². The van der Waals surface area contributed by atoms with Gasteiger partial charge in [-0.05, 0) is 37.3 Å². The van der Waals surface area contributed by atoms with E-state index in [0.29, 0.717) is 6.61 Å². The van der Waals surface area contributed by atoms with Crippen LogP contribution in [0.5, 0.6) is 5.75 Å². The van der Waals surface area contributed by atoms with Crippen LogP contribution in [0, 0.1) is 0 Å². The molecule has 2 heterocycles. The highest BCUT2D eigenvalue weighted by Gasteiger charge is 2.20. The Labute approximate surface area is 164 Å². The van der Waals surface area contributed by atoms with Crippen LogP contribution in [0.2, 0.25) is 5.02 Å². The van der Waals surface area contributed by atoms with Gasteiger partial charge in [0.2, 0.25) is 0 Å². The third kappa shape index (κ3) is 4.12. The maximum Gasteiger partial charge on any atom is 0.159 e. The van der Waals surface area contributed by atoms with Gasteiger partial charge in [-0.3, -0.25) is 4.90 Å². The van der Waals surface area contributed by atoms with Gasteiger partial charge in [0.05, 0.1) is 12.3 Å². The van der Waals surface area contributed by atoms with Gasteiger partial charge in [-0.15, -0.1) is 0 Å². The largest absolute Gasteiger partial charge is 0.494 e. The first kappa shape index (κ1) is 18.0. The Morgan fingerprint density at radius 3 is 2.74 bits per heavy atom. The maximum atomic E-state index is 5.97. The van der Waals surface area contributed by atoms with Crippen molar-refractivity contribution in [3.8, 4) is 17.1 Å². The summed E-state index contributed by atoms with van der Waals surface area (Å²) in [7, 11) is 0. The lowest BCUT2D eigenvalue weighted by Gasteiger charge is -2.28. The van der Waals surface area contributed by atoms with Crippen molar-refractivity contribution in [1.29, 1.82) is 0 Å². The standard InChI is InChI=1S/C22H22ClN3O/c1-2-27-21-6-4-3-5-17(21)14-26-12-11-20-18(15-26)13-24-22(25-20)16-7-9-19(23)10-8-16/h3-10,13H,2,11-12,14-15H2,1H3. The summed E-state index contributed by atoms with van der Waals surface area (Å²) in [5.74, 6) is 1.74. The van der Waals surface area contributed by atoms with Crippen molar-refractivity contribution in [3.05, 3.63) is 76.6 Å². The molecular weight excluding hydrogens is 358 g/mol. The van der Waals surface area contributed by atoms with Crippen molar-refractivity contribution in [2.45, 2.75) is 26.4 Å². The second-order valence-electron chi connectivity index (χ2n) is 6.67. The van der Waals surface area contributed by atoms with Crippen LogP contribution in [0.15, 0.2) is 54.7 Å². The Morgan fingerprint density at radius 2 is 1.93 bits per heavy atom. The number of hydrogen-bond donors (Lipinski definition) is 0. The van der Waals surface area contributed by atoms with Crippen molar-refractivity contribution >= 4 is 11.6 Å².